The molecule has 6 nitrogen and oxygen atoms in total. The van der Waals surface area contributed by atoms with E-state index in [0.29, 0.717) is 18.8 Å². The first kappa shape index (κ1) is 15.8. The first-order chi connectivity index (χ1) is 9.95. The van der Waals surface area contributed by atoms with Gasteiger partial charge in [0.15, 0.2) is 6.10 Å². The van der Waals surface area contributed by atoms with Crippen LogP contribution in [0.3, 0.4) is 0 Å². The number of rotatable bonds is 5. The van der Waals surface area contributed by atoms with E-state index in [1.165, 1.54) is 23.5 Å². The molecule has 0 unspecified atom stereocenters. The third-order valence-electron chi connectivity index (χ3n) is 3.46. The maximum absolute atomic E-state index is 12.3. The quantitative estimate of drug-likeness (QED) is 0.879. The van der Waals surface area contributed by atoms with E-state index in [9.17, 15) is 13.2 Å². The predicted molar refractivity (Wildman–Crippen MR) is 78.6 cm³/mol. The second-order valence-corrected chi connectivity index (χ2v) is 6.89. The van der Waals surface area contributed by atoms with E-state index in [1.807, 2.05) is 0 Å². The predicted octanol–water partition coefficient (Wildman–Crippen LogP) is 0.984. The summed E-state index contributed by atoms with van der Waals surface area (Å²) in [5, 5.41) is 2.49. The Morgan fingerprint density at radius 3 is 2.33 bits per heavy atom. The molecule has 116 valence electrons. The second-order valence-electron chi connectivity index (χ2n) is 4.96. The molecule has 1 N–H and O–H groups in total. The van der Waals surface area contributed by atoms with Gasteiger partial charge in [-0.05, 0) is 44.0 Å². The Morgan fingerprint density at radius 1 is 1.24 bits per heavy atom. The maximum atomic E-state index is 12.3. The summed E-state index contributed by atoms with van der Waals surface area (Å²) in [4.78, 5) is 11.6. The molecule has 1 aliphatic rings. The van der Waals surface area contributed by atoms with E-state index in [4.69, 9.17) is 4.74 Å². The molecule has 1 fully saturated rings. The smallest absolute Gasteiger partial charge is 0.260 e. The third-order valence-corrected chi connectivity index (χ3v) is 5.37. The minimum Gasteiger partial charge on any atom is -0.481 e. The zero-order chi connectivity index (χ0) is 15.5. The van der Waals surface area contributed by atoms with Gasteiger partial charge in [0.1, 0.15) is 5.75 Å². The van der Waals surface area contributed by atoms with Crippen molar-refractivity contribution in [2.24, 2.45) is 0 Å². The van der Waals surface area contributed by atoms with Crippen molar-refractivity contribution in [3.8, 4) is 5.75 Å². The van der Waals surface area contributed by atoms with E-state index < -0.39 is 16.1 Å². The normalized spacial score (nSPS) is 17.4. The highest BCUT2D eigenvalue weighted by Gasteiger charge is 2.27. The van der Waals surface area contributed by atoms with Crippen LogP contribution in [-0.2, 0) is 14.8 Å². The molecule has 1 aromatic carbocycles. The van der Waals surface area contributed by atoms with Crippen molar-refractivity contribution in [3.05, 3.63) is 24.3 Å². The van der Waals surface area contributed by atoms with E-state index in [-0.39, 0.29) is 10.8 Å². The molecule has 1 amide bonds. The fraction of sp³-hybridized carbons (Fsp3) is 0.500. The van der Waals surface area contributed by atoms with Gasteiger partial charge in [-0.1, -0.05) is 0 Å². The van der Waals surface area contributed by atoms with Crippen molar-refractivity contribution in [1.29, 1.82) is 0 Å². The first-order valence-electron chi connectivity index (χ1n) is 6.93. The summed E-state index contributed by atoms with van der Waals surface area (Å²) in [5.74, 6) is 0.232. The van der Waals surface area contributed by atoms with Crippen LogP contribution in [0.5, 0.6) is 5.75 Å². The fourth-order valence-electron chi connectivity index (χ4n) is 2.23. The van der Waals surface area contributed by atoms with Crippen LogP contribution in [0, 0.1) is 0 Å². The molecule has 1 heterocycles. The summed E-state index contributed by atoms with van der Waals surface area (Å²) < 4.78 is 31.6. The molecule has 0 saturated carbocycles. The lowest BCUT2D eigenvalue weighted by Crippen LogP contribution is -2.33. The molecule has 0 spiro atoms. The number of carbonyl (C=O) groups is 1. The van der Waals surface area contributed by atoms with E-state index >= 15 is 0 Å². The van der Waals surface area contributed by atoms with Crippen molar-refractivity contribution in [2.45, 2.75) is 30.8 Å². The van der Waals surface area contributed by atoms with Crippen LogP contribution < -0.4 is 10.1 Å². The molecule has 0 bridgehead atoms. The first-order valence-corrected chi connectivity index (χ1v) is 8.37. The van der Waals surface area contributed by atoms with Crippen molar-refractivity contribution in [1.82, 2.24) is 9.62 Å². The number of amides is 1. The number of hydrogen-bond donors (Lipinski definition) is 1. The molecule has 1 aliphatic heterocycles. The second kappa shape index (κ2) is 6.44. The van der Waals surface area contributed by atoms with E-state index in [2.05, 4.69) is 5.32 Å². The van der Waals surface area contributed by atoms with Crippen molar-refractivity contribution < 1.29 is 17.9 Å². The Hall–Kier alpha value is -1.60. The Kier molecular flexibility index (Phi) is 4.84. The lowest BCUT2D eigenvalue weighted by atomic mass is 10.3. The van der Waals surface area contributed by atoms with Crippen LogP contribution in [0.15, 0.2) is 29.2 Å². The number of ether oxygens (including phenoxy) is 1. The number of carbonyl (C=O) groups excluding carboxylic acids is 1. The molecule has 0 aromatic heterocycles. The lowest BCUT2D eigenvalue weighted by molar-refractivity contribution is -0.126. The van der Waals surface area contributed by atoms with Crippen molar-refractivity contribution in [3.63, 3.8) is 0 Å². The van der Waals surface area contributed by atoms with Crippen LogP contribution in [0.25, 0.3) is 0 Å². The van der Waals surface area contributed by atoms with Crippen LogP contribution in [-0.4, -0.2) is 44.9 Å². The number of hydrogen-bond acceptors (Lipinski definition) is 4. The standard InChI is InChI=1S/C14H20N2O4S/c1-11(14(17)15-2)20-12-5-7-13(8-6-12)21(18,19)16-9-3-4-10-16/h5-8,11H,3-4,9-10H2,1-2H3,(H,15,17)/t11-/m1/s1. The maximum Gasteiger partial charge on any atom is 0.260 e. The van der Waals surface area contributed by atoms with Crippen molar-refractivity contribution >= 4 is 15.9 Å². The average molecular weight is 312 g/mol. The van der Waals surface area contributed by atoms with Crippen LogP contribution in [0.4, 0.5) is 0 Å². The Labute approximate surface area is 125 Å². The summed E-state index contributed by atoms with van der Waals surface area (Å²) in [5.41, 5.74) is 0. The number of likely N-dealkylation sites (N-methyl/N-ethyl adjacent to an activating group) is 1. The number of sulfonamides is 1. The lowest BCUT2D eigenvalue weighted by Gasteiger charge is -2.16. The average Bonchev–Trinajstić information content (AvgIpc) is 3.02. The third kappa shape index (κ3) is 3.54. The Morgan fingerprint density at radius 2 is 1.81 bits per heavy atom. The van der Waals surface area contributed by atoms with Gasteiger partial charge in [-0.25, -0.2) is 8.42 Å². The number of nitrogens with one attached hydrogen (secondary N) is 1. The molecular formula is C14H20N2O4S. The van der Waals surface area contributed by atoms with Gasteiger partial charge in [0.25, 0.3) is 5.91 Å². The number of benzene rings is 1. The molecule has 1 saturated heterocycles. The van der Waals surface area contributed by atoms with Crippen LogP contribution >= 0.6 is 0 Å². The van der Waals surface area contributed by atoms with Gasteiger partial charge >= 0.3 is 0 Å². The molecule has 0 radical (unpaired) electrons. The Balaban J connectivity index is 2.10. The van der Waals surface area contributed by atoms with E-state index in [0.717, 1.165) is 12.8 Å². The summed E-state index contributed by atoms with van der Waals surface area (Å²) in [7, 11) is -1.87. The largest absolute Gasteiger partial charge is 0.481 e. The highest BCUT2D eigenvalue weighted by Crippen LogP contribution is 2.23. The summed E-state index contributed by atoms with van der Waals surface area (Å²) >= 11 is 0. The zero-order valence-corrected chi connectivity index (χ0v) is 13.0. The Bertz CT molecular complexity index is 592. The summed E-state index contributed by atoms with van der Waals surface area (Å²) in [6, 6.07) is 6.17. The molecule has 21 heavy (non-hydrogen) atoms. The molecule has 1 atom stereocenters. The molecule has 7 heteroatoms. The van der Waals surface area contributed by atoms with Crippen LogP contribution in [0.1, 0.15) is 19.8 Å². The molecule has 2 rings (SSSR count). The zero-order valence-electron chi connectivity index (χ0n) is 12.2. The minimum absolute atomic E-state index is 0.233. The van der Waals surface area contributed by atoms with Gasteiger partial charge in [0.2, 0.25) is 10.0 Å². The topological polar surface area (TPSA) is 75.7 Å². The molecular weight excluding hydrogens is 292 g/mol. The molecule has 0 aliphatic carbocycles. The molecule has 1 aromatic rings. The monoisotopic (exact) mass is 312 g/mol. The highest BCUT2D eigenvalue weighted by atomic mass is 32.2. The van der Waals surface area contributed by atoms with Gasteiger partial charge in [0.05, 0.1) is 4.90 Å². The van der Waals surface area contributed by atoms with Gasteiger partial charge in [-0.15, -0.1) is 0 Å². The van der Waals surface area contributed by atoms with Crippen molar-refractivity contribution in [2.75, 3.05) is 20.1 Å². The van der Waals surface area contributed by atoms with Crippen LogP contribution in [0.2, 0.25) is 0 Å². The fourth-order valence-corrected chi connectivity index (χ4v) is 3.75. The number of nitrogens with zero attached hydrogens (tertiary/aromatic N) is 1. The highest BCUT2D eigenvalue weighted by molar-refractivity contribution is 7.89. The van der Waals surface area contributed by atoms with Gasteiger partial charge < -0.3 is 10.1 Å². The SMILES string of the molecule is CNC(=O)[C@@H](C)Oc1ccc(S(=O)(=O)N2CCCC2)cc1. The van der Waals surface area contributed by atoms with Gasteiger partial charge in [-0.2, -0.15) is 4.31 Å². The minimum atomic E-state index is -3.41. The van der Waals surface area contributed by atoms with Gasteiger partial charge in [0, 0.05) is 20.1 Å². The van der Waals surface area contributed by atoms with Gasteiger partial charge in [-0.3, -0.25) is 4.79 Å². The summed E-state index contributed by atoms with van der Waals surface area (Å²) in [6.07, 6.45) is 1.18. The van der Waals surface area contributed by atoms with E-state index in [1.54, 1.807) is 19.1 Å². The summed E-state index contributed by atoms with van der Waals surface area (Å²) in [6.45, 7) is 2.79.